The third kappa shape index (κ3) is 3.62. The van der Waals surface area contributed by atoms with E-state index >= 15 is 0 Å². The first-order valence-electron chi connectivity index (χ1n) is 7.52. The number of para-hydroxylation sites is 1. The minimum absolute atomic E-state index is 0.0959. The quantitative estimate of drug-likeness (QED) is 0.645. The Morgan fingerprint density at radius 3 is 2.36 bits per heavy atom. The van der Waals surface area contributed by atoms with Crippen molar-refractivity contribution in [3.8, 4) is 5.75 Å². The molecule has 0 aromatic heterocycles. The van der Waals surface area contributed by atoms with Gasteiger partial charge in [-0.2, -0.15) is 0 Å². The van der Waals surface area contributed by atoms with Crippen molar-refractivity contribution in [3.05, 3.63) is 24.3 Å². The van der Waals surface area contributed by atoms with Crippen LogP contribution in [0.5, 0.6) is 5.75 Å². The Morgan fingerprint density at radius 2 is 1.77 bits per heavy atom. The van der Waals surface area contributed by atoms with Gasteiger partial charge in [-0.3, -0.25) is 4.79 Å². The second-order valence-corrected chi connectivity index (χ2v) is 6.47. The number of rotatable bonds is 6. The van der Waals surface area contributed by atoms with E-state index in [0.29, 0.717) is 18.8 Å². The van der Waals surface area contributed by atoms with Crippen molar-refractivity contribution in [3.63, 3.8) is 0 Å². The molecule has 0 atom stereocenters. The summed E-state index contributed by atoms with van der Waals surface area (Å²) in [5.74, 6) is -0.144. The molecule has 0 bridgehead atoms. The number of carbonyl (C=O) groups is 1. The molecule has 0 amide bonds. The minimum atomic E-state index is -0.817. The molecule has 1 N–H and O–H groups in total. The number of hydrogen-bond donors (Lipinski definition) is 1. The monoisotopic (exact) mass is 306 g/mol. The maximum Gasteiger partial charge on any atom is 0.498 e. The molecule has 1 aromatic carbocycles. The molecule has 0 aliphatic carbocycles. The van der Waals surface area contributed by atoms with Crippen molar-refractivity contribution < 1.29 is 23.9 Å². The van der Waals surface area contributed by atoms with Crippen molar-refractivity contribution >= 4 is 18.6 Å². The largest absolute Gasteiger partial charge is 0.498 e. The van der Waals surface area contributed by atoms with Gasteiger partial charge in [0.05, 0.1) is 17.8 Å². The molecule has 1 aliphatic rings. The number of benzene rings is 1. The zero-order valence-corrected chi connectivity index (χ0v) is 13.6. The molecular formula is C16H23BO5. The first-order chi connectivity index (χ1) is 10.2. The molecule has 1 saturated heterocycles. The normalized spacial score (nSPS) is 19.2. The molecule has 1 fully saturated rings. The third-order valence-electron chi connectivity index (χ3n) is 4.22. The lowest BCUT2D eigenvalue weighted by Crippen LogP contribution is -2.41. The fourth-order valence-corrected chi connectivity index (χ4v) is 2.18. The number of carboxylic acid groups (broad SMARTS) is 1. The predicted molar refractivity (Wildman–Crippen MR) is 84.5 cm³/mol. The van der Waals surface area contributed by atoms with Gasteiger partial charge in [0.25, 0.3) is 0 Å². The van der Waals surface area contributed by atoms with Crippen molar-refractivity contribution in [1.82, 2.24) is 0 Å². The fraction of sp³-hybridized carbons (Fsp3) is 0.562. The lowest BCUT2D eigenvalue weighted by atomic mass is 9.78. The molecule has 6 heteroatoms. The van der Waals surface area contributed by atoms with Crippen molar-refractivity contribution in [2.75, 3.05) is 6.61 Å². The highest BCUT2D eigenvalue weighted by atomic mass is 16.7. The van der Waals surface area contributed by atoms with Crippen LogP contribution >= 0.6 is 0 Å². The fourth-order valence-electron chi connectivity index (χ4n) is 2.18. The van der Waals surface area contributed by atoms with Gasteiger partial charge in [0.2, 0.25) is 0 Å². The lowest BCUT2D eigenvalue weighted by Gasteiger charge is -2.32. The van der Waals surface area contributed by atoms with Gasteiger partial charge in [0.15, 0.2) is 0 Å². The summed E-state index contributed by atoms with van der Waals surface area (Å²) < 4.78 is 17.8. The Morgan fingerprint density at radius 1 is 1.18 bits per heavy atom. The highest BCUT2D eigenvalue weighted by Gasteiger charge is 2.52. The van der Waals surface area contributed by atoms with Crippen molar-refractivity contribution in [2.45, 2.75) is 51.7 Å². The molecular weight excluding hydrogens is 283 g/mol. The zero-order chi connectivity index (χ0) is 16.4. The Hall–Kier alpha value is -1.53. The maximum atomic E-state index is 10.5. The van der Waals surface area contributed by atoms with E-state index in [-0.39, 0.29) is 6.42 Å². The zero-order valence-electron chi connectivity index (χ0n) is 13.6. The number of aliphatic carboxylic acids is 1. The first kappa shape index (κ1) is 16.8. The molecule has 1 heterocycles. The smallest absolute Gasteiger partial charge is 0.494 e. The van der Waals surface area contributed by atoms with E-state index in [2.05, 4.69) is 0 Å². The van der Waals surface area contributed by atoms with Crippen molar-refractivity contribution in [2.24, 2.45) is 0 Å². The van der Waals surface area contributed by atoms with Crippen LogP contribution in [0.2, 0.25) is 0 Å². The van der Waals surface area contributed by atoms with E-state index in [9.17, 15) is 4.79 Å². The highest BCUT2D eigenvalue weighted by Crippen LogP contribution is 2.37. The van der Waals surface area contributed by atoms with E-state index in [1.54, 1.807) is 0 Å². The van der Waals surface area contributed by atoms with Gasteiger partial charge in [-0.15, -0.1) is 0 Å². The Kier molecular flexibility index (Phi) is 4.82. The van der Waals surface area contributed by atoms with Crippen LogP contribution in [0.4, 0.5) is 0 Å². The lowest BCUT2D eigenvalue weighted by molar-refractivity contribution is -0.137. The van der Waals surface area contributed by atoms with Gasteiger partial charge in [0.1, 0.15) is 5.75 Å². The molecule has 1 aromatic rings. The highest BCUT2D eigenvalue weighted by molar-refractivity contribution is 6.63. The van der Waals surface area contributed by atoms with Gasteiger partial charge >= 0.3 is 13.1 Å². The Labute approximate surface area is 131 Å². The molecule has 2 rings (SSSR count). The predicted octanol–water partition coefficient (Wildman–Crippen LogP) is 2.23. The summed E-state index contributed by atoms with van der Waals surface area (Å²) in [7, 11) is -0.485. The topological polar surface area (TPSA) is 65.0 Å². The van der Waals surface area contributed by atoms with Crippen LogP contribution < -0.4 is 10.2 Å². The van der Waals surface area contributed by atoms with Crippen LogP contribution in [-0.4, -0.2) is 36.0 Å². The number of hydrogen-bond acceptors (Lipinski definition) is 4. The summed E-state index contributed by atoms with van der Waals surface area (Å²) in [5.41, 5.74) is 0.0128. The summed E-state index contributed by atoms with van der Waals surface area (Å²) >= 11 is 0. The van der Waals surface area contributed by atoms with Gasteiger partial charge in [-0.1, -0.05) is 18.2 Å². The van der Waals surface area contributed by atoms with Gasteiger partial charge < -0.3 is 19.2 Å². The summed E-state index contributed by atoms with van der Waals surface area (Å²) in [6.07, 6.45) is 0.561. The summed E-state index contributed by atoms with van der Waals surface area (Å²) in [5, 5.41) is 8.66. The van der Waals surface area contributed by atoms with E-state index < -0.39 is 24.3 Å². The second-order valence-electron chi connectivity index (χ2n) is 6.47. The van der Waals surface area contributed by atoms with Gasteiger partial charge in [-0.05, 0) is 40.2 Å². The minimum Gasteiger partial charge on any atom is -0.494 e. The molecule has 1 aliphatic heterocycles. The molecule has 5 nitrogen and oxygen atoms in total. The van der Waals surface area contributed by atoms with Gasteiger partial charge in [0, 0.05) is 11.9 Å². The van der Waals surface area contributed by atoms with Crippen molar-refractivity contribution in [1.29, 1.82) is 0 Å². The van der Waals surface area contributed by atoms with E-state index in [0.717, 1.165) is 5.46 Å². The molecule has 0 spiro atoms. The van der Waals surface area contributed by atoms with Crippen LogP contribution in [-0.2, 0) is 14.1 Å². The van der Waals surface area contributed by atoms with Gasteiger partial charge in [-0.25, -0.2) is 0 Å². The van der Waals surface area contributed by atoms with Crippen LogP contribution in [0.15, 0.2) is 24.3 Å². The van der Waals surface area contributed by atoms with E-state index in [1.807, 2.05) is 52.0 Å². The molecule has 0 saturated carbocycles. The average molecular weight is 306 g/mol. The SMILES string of the molecule is CC1(C)OB(c2ccccc2OCCCC(=O)O)OC1(C)C. The van der Waals surface area contributed by atoms with E-state index in [4.69, 9.17) is 19.2 Å². The number of ether oxygens (including phenoxy) is 1. The molecule has 120 valence electrons. The second kappa shape index (κ2) is 6.30. The van der Waals surface area contributed by atoms with Crippen LogP contribution in [0.1, 0.15) is 40.5 Å². The Balaban J connectivity index is 2.08. The average Bonchev–Trinajstić information content (AvgIpc) is 2.64. The number of carboxylic acids is 1. The molecule has 0 unspecified atom stereocenters. The third-order valence-corrected chi connectivity index (χ3v) is 4.22. The Bertz CT molecular complexity index is 525. The van der Waals surface area contributed by atoms with E-state index in [1.165, 1.54) is 0 Å². The van der Waals surface area contributed by atoms with Crippen LogP contribution in [0.3, 0.4) is 0 Å². The van der Waals surface area contributed by atoms with Crippen LogP contribution in [0.25, 0.3) is 0 Å². The molecule has 0 radical (unpaired) electrons. The summed E-state index contributed by atoms with van der Waals surface area (Å²) in [6, 6.07) is 7.54. The maximum absolute atomic E-state index is 10.5. The standard InChI is InChI=1S/C16H23BO5/c1-15(2)16(3,4)22-17(21-15)12-8-5-6-9-13(12)20-11-7-10-14(18)19/h5-6,8-9H,7,10-11H2,1-4H3,(H,18,19). The summed E-state index contributed by atoms with van der Waals surface area (Å²) in [6.45, 7) is 8.36. The summed E-state index contributed by atoms with van der Waals surface area (Å²) in [4.78, 5) is 10.5. The van der Waals surface area contributed by atoms with Crippen LogP contribution in [0, 0.1) is 0 Å². The first-order valence-corrected chi connectivity index (χ1v) is 7.52. The molecule has 22 heavy (non-hydrogen) atoms.